The number of carboxylic acids is 1. The van der Waals surface area contributed by atoms with Crippen molar-refractivity contribution < 1.29 is 29.0 Å². The molecule has 0 saturated heterocycles. The standard InChI is InChI=1S/C12H20N2O6/c1-5-6-19-11(18)14-8(9(15)16)7-13-10(17)20-12(2,3)4/h5,8H,1,6-7H2,2-4H3,(H,13,17)(H,14,18)(H,15,16). The number of carbonyl (C=O) groups excluding carboxylic acids is 2. The summed E-state index contributed by atoms with van der Waals surface area (Å²) in [6.45, 7) is 7.99. The first-order valence-corrected chi connectivity index (χ1v) is 5.89. The molecule has 0 aromatic heterocycles. The smallest absolute Gasteiger partial charge is 0.408 e. The summed E-state index contributed by atoms with van der Waals surface area (Å²) in [6, 6.07) is -1.32. The number of hydrogen-bond donors (Lipinski definition) is 3. The molecule has 8 heteroatoms. The molecule has 114 valence electrons. The third-order valence-electron chi connectivity index (χ3n) is 1.77. The van der Waals surface area contributed by atoms with E-state index in [1.807, 2.05) is 0 Å². The Hall–Kier alpha value is -2.25. The van der Waals surface area contributed by atoms with E-state index in [1.165, 1.54) is 6.08 Å². The molecule has 3 N–H and O–H groups in total. The molecule has 0 saturated carbocycles. The molecular weight excluding hydrogens is 268 g/mol. The Bertz CT molecular complexity index is 375. The molecule has 0 aromatic carbocycles. The van der Waals surface area contributed by atoms with Crippen molar-refractivity contribution in [2.24, 2.45) is 0 Å². The summed E-state index contributed by atoms with van der Waals surface area (Å²) in [5, 5.41) is 13.3. The van der Waals surface area contributed by atoms with Gasteiger partial charge in [-0.15, -0.1) is 0 Å². The van der Waals surface area contributed by atoms with Crippen molar-refractivity contribution in [1.82, 2.24) is 10.6 Å². The van der Waals surface area contributed by atoms with E-state index >= 15 is 0 Å². The minimum absolute atomic E-state index is 0.0440. The number of ether oxygens (including phenoxy) is 2. The van der Waals surface area contributed by atoms with E-state index < -0.39 is 29.8 Å². The van der Waals surface area contributed by atoms with Crippen molar-refractivity contribution in [3.05, 3.63) is 12.7 Å². The molecule has 0 aliphatic heterocycles. The second-order valence-corrected chi connectivity index (χ2v) is 4.81. The fourth-order valence-corrected chi connectivity index (χ4v) is 1.02. The topological polar surface area (TPSA) is 114 Å². The van der Waals surface area contributed by atoms with Gasteiger partial charge in [0.2, 0.25) is 0 Å². The molecule has 0 heterocycles. The third-order valence-corrected chi connectivity index (χ3v) is 1.77. The number of aliphatic carboxylic acids is 1. The van der Waals surface area contributed by atoms with Crippen molar-refractivity contribution in [2.75, 3.05) is 13.2 Å². The van der Waals surface area contributed by atoms with E-state index in [2.05, 4.69) is 21.9 Å². The van der Waals surface area contributed by atoms with Crippen molar-refractivity contribution >= 4 is 18.2 Å². The van der Waals surface area contributed by atoms with E-state index in [0.717, 1.165) is 0 Å². The number of alkyl carbamates (subject to hydrolysis) is 2. The molecule has 0 aliphatic carbocycles. The number of rotatable bonds is 6. The average Bonchev–Trinajstić information content (AvgIpc) is 2.29. The highest BCUT2D eigenvalue weighted by atomic mass is 16.6. The van der Waals surface area contributed by atoms with Gasteiger partial charge in [-0.05, 0) is 20.8 Å². The quantitative estimate of drug-likeness (QED) is 0.625. The maximum absolute atomic E-state index is 11.4. The van der Waals surface area contributed by atoms with E-state index in [9.17, 15) is 14.4 Å². The maximum atomic E-state index is 11.4. The first kappa shape index (κ1) is 17.8. The lowest BCUT2D eigenvalue weighted by Gasteiger charge is -2.21. The van der Waals surface area contributed by atoms with Gasteiger partial charge in [-0.2, -0.15) is 0 Å². The highest BCUT2D eigenvalue weighted by molar-refractivity contribution is 5.81. The van der Waals surface area contributed by atoms with Gasteiger partial charge in [0.1, 0.15) is 18.2 Å². The number of carboxylic acid groups (broad SMARTS) is 1. The summed E-state index contributed by atoms with van der Waals surface area (Å²) in [6.07, 6.45) is -0.345. The number of nitrogens with one attached hydrogen (secondary N) is 2. The maximum Gasteiger partial charge on any atom is 0.408 e. The Balaban J connectivity index is 4.28. The molecule has 0 aromatic rings. The van der Waals surface area contributed by atoms with Crippen LogP contribution in [0.5, 0.6) is 0 Å². The normalized spacial score (nSPS) is 11.9. The largest absolute Gasteiger partial charge is 0.480 e. The highest BCUT2D eigenvalue weighted by Gasteiger charge is 2.23. The first-order chi connectivity index (χ1) is 9.15. The zero-order valence-corrected chi connectivity index (χ0v) is 11.8. The second kappa shape index (κ2) is 8.03. The van der Waals surface area contributed by atoms with Crippen LogP contribution in [-0.4, -0.2) is 48.1 Å². The van der Waals surface area contributed by atoms with Gasteiger partial charge in [-0.3, -0.25) is 0 Å². The van der Waals surface area contributed by atoms with Gasteiger partial charge in [-0.1, -0.05) is 12.7 Å². The van der Waals surface area contributed by atoms with Gasteiger partial charge in [0.25, 0.3) is 0 Å². The number of hydrogen-bond acceptors (Lipinski definition) is 5. The summed E-state index contributed by atoms with van der Waals surface area (Å²) in [5.74, 6) is -1.31. The molecule has 0 radical (unpaired) electrons. The van der Waals surface area contributed by atoms with Gasteiger partial charge >= 0.3 is 18.2 Å². The molecule has 1 unspecified atom stereocenters. The van der Waals surface area contributed by atoms with Crippen LogP contribution in [0.2, 0.25) is 0 Å². The zero-order valence-electron chi connectivity index (χ0n) is 11.8. The molecule has 2 amide bonds. The van der Waals surface area contributed by atoms with E-state index in [1.54, 1.807) is 20.8 Å². The lowest BCUT2D eigenvalue weighted by Crippen LogP contribution is -2.49. The highest BCUT2D eigenvalue weighted by Crippen LogP contribution is 2.06. The van der Waals surface area contributed by atoms with Crippen LogP contribution >= 0.6 is 0 Å². The molecule has 0 spiro atoms. The minimum atomic E-state index is -1.32. The van der Waals surface area contributed by atoms with Gasteiger partial charge < -0.3 is 25.2 Å². The van der Waals surface area contributed by atoms with Crippen LogP contribution < -0.4 is 10.6 Å². The molecule has 1 atom stereocenters. The Morgan fingerprint density at radius 2 is 1.90 bits per heavy atom. The van der Waals surface area contributed by atoms with E-state index in [4.69, 9.17) is 9.84 Å². The zero-order chi connectivity index (χ0) is 15.8. The van der Waals surface area contributed by atoms with Crippen LogP contribution in [0, 0.1) is 0 Å². The second-order valence-electron chi connectivity index (χ2n) is 4.81. The molecular formula is C12H20N2O6. The van der Waals surface area contributed by atoms with Crippen LogP contribution in [0.4, 0.5) is 9.59 Å². The summed E-state index contributed by atoms with van der Waals surface area (Å²) < 4.78 is 9.52. The third kappa shape index (κ3) is 8.78. The average molecular weight is 288 g/mol. The van der Waals surface area contributed by atoms with Gasteiger partial charge in [0.15, 0.2) is 0 Å². The van der Waals surface area contributed by atoms with E-state index in [0.29, 0.717) is 0 Å². The Kier molecular flexibility index (Phi) is 7.12. The van der Waals surface area contributed by atoms with Crippen LogP contribution in [-0.2, 0) is 14.3 Å². The van der Waals surface area contributed by atoms with Crippen molar-refractivity contribution in [3.8, 4) is 0 Å². The van der Waals surface area contributed by atoms with Crippen molar-refractivity contribution in [3.63, 3.8) is 0 Å². The molecule has 8 nitrogen and oxygen atoms in total. The summed E-state index contributed by atoms with van der Waals surface area (Å²) >= 11 is 0. The summed E-state index contributed by atoms with van der Waals surface area (Å²) in [7, 11) is 0. The first-order valence-electron chi connectivity index (χ1n) is 5.89. The molecule has 0 aliphatic rings. The fraction of sp³-hybridized carbons (Fsp3) is 0.583. The molecule has 0 fully saturated rings. The SMILES string of the molecule is C=CCOC(=O)NC(CNC(=O)OC(C)(C)C)C(=O)O. The van der Waals surface area contributed by atoms with Gasteiger partial charge in [-0.25, -0.2) is 14.4 Å². The van der Waals surface area contributed by atoms with Crippen LogP contribution in [0.25, 0.3) is 0 Å². The number of amides is 2. The van der Waals surface area contributed by atoms with Crippen molar-refractivity contribution in [2.45, 2.75) is 32.4 Å². The monoisotopic (exact) mass is 288 g/mol. The Labute approximate surface area is 117 Å². The number of carbonyl (C=O) groups is 3. The summed E-state index contributed by atoms with van der Waals surface area (Å²) in [4.78, 5) is 33.5. The molecule has 0 bridgehead atoms. The van der Waals surface area contributed by atoms with Gasteiger partial charge in [0.05, 0.1) is 6.54 Å². The minimum Gasteiger partial charge on any atom is -0.480 e. The van der Waals surface area contributed by atoms with Crippen LogP contribution in [0.3, 0.4) is 0 Å². The van der Waals surface area contributed by atoms with Crippen LogP contribution in [0.15, 0.2) is 12.7 Å². The predicted octanol–water partition coefficient (Wildman–Crippen LogP) is 0.876. The molecule has 0 rings (SSSR count). The van der Waals surface area contributed by atoms with E-state index in [-0.39, 0.29) is 13.2 Å². The van der Waals surface area contributed by atoms with Gasteiger partial charge in [0, 0.05) is 0 Å². The van der Waals surface area contributed by atoms with Crippen molar-refractivity contribution in [1.29, 1.82) is 0 Å². The lowest BCUT2D eigenvalue weighted by molar-refractivity contribution is -0.139. The fourth-order valence-electron chi connectivity index (χ4n) is 1.02. The summed E-state index contributed by atoms with van der Waals surface area (Å²) in [5.41, 5.74) is -0.695. The molecule has 20 heavy (non-hydrogen) atoms. The predicted molar refractivity (Wildman–Crippen MR) is 70.3 cm³/mol. The Morgan fingerprint density at radius 1 is 1.30 bits per heavy atom. The van der Waals surface area contributed by atoms with Crippen LogP contribution in [0.1, 0.15) is 20.8 Å². The Morgan fingerprint density at radius 3 is 2.35 bits per heavy atom. The lowest BCUT2D eigenvalue weighted by atomic mass is 10.2.